The summed E-state index contributed by atoms with van der Waals surface area (Å²) in [6.07, 6.45) is 1.26. The largest absolute Gasteiger partial charge is 0.469 e. The minimum absolute atomic E-state index is 0.000623. The number of rotatable bonds is 6. The molecule has 1 aliphatic rings. The normalized spacial score (nSPS) is 25.2. The van der Waals surface area contributed by atoms with Crippen LogP contribution in [0.15, 0.2) is 0 Å². The first-order valence-electron chi connectivity index (χ1n) is 6.59. The summed E-state index contributed by atoms with van der Waals surface area (Å²) in [5, 5.41) is 0. The van der Waals surface area contributed by atoms with E-state index in [4.69, 9.17) is 0 Å². The summed E-state index contributed by atoms with van der Waals surface area (Å²) in [6, 6.07) is -0.000623. The average Bonchev–Trinajstić information content (AvgIpc) is 2.32. The minimum atomic E-state index is -3.31. The van der Waals surface area contributed by atoms with Crippen molar-refractivity contribution in [1.29, 1.82) is 0 Å². The lowest BCUT2D eigenvalue weighted by molar-refractivity contribution is -0.140. The SMILES string of the molecule is COC(=O)CCCS(=O)(=O)NC1CCN(C)CC1C. The third kappa shape index (κ3) is 5.88. The number of nitrogens with one attached hydrogen (secondary N) is 1. The second-order valence-corrected chi connectivity index (χ2v) is 7.12. The van der Waals surface area contributed by atoms with Crippen LogP contribution in [-0.4, -0.2) is 58.3 Å². The molecule has 2 unspecified atom stereocenters. The Morgan fingerprint density at radius 3 is 2.74 bits per heavy atom. The number of methoxy groups -OCH3 is 1. The average molecular weight is 292 g/mol. The van der Waals surface area contributed by atoms with E-state index in [1.807, 2.05) is 7.05 Å². The van der Waals surface area contributed by atoms with Crippen molar-refractivity contribution in [2.45, 2.75) is 32.2 Å². The predicted octanol–water partition coefficient (Wildman–Crippen LogP) is 0.199. The molecule has 1 saturated heterocycles. The second-order valence-electron chi connectivity index (χ2n) is 5.25. The zero-order valence-corrected chi connectivity index (χ0v) is 12.7. The van der Waals surface area contributed by atoms with Crippen LogP contribution in [0.3, 0.4) is 0 Å². The molecule has 0 aromatic heterocycles. The van der Waals surface area contributed by atoms with Gasteiger partial charge in [0.2, 0.25) is 10.0 Å². The van der Waals surface area contributed by atoms with Crippen LogP contribution in [0.1, 0.15) is 26.2 Å². The zero-order chi connectivity index (χ0) is 14.5. The van der Waals surface area contributed by atoms with Crippen molar-refractivity contribution < 1.29 is 17.9 Å². The molecule has 0 bridgehead atoms. The molecule has 0 amide bonds. The van der Waals surface area contributed by atoms with Gasteiger partial charge in [0.15, 0.2) is 0 Å². The van der Waals surface area contributed by atoms with Crippen LogP contribution in [-0.2, 0) is 19.6 Å². The third-order valence-electron chi connectivity index (χ3n) is 3.46. The Kier molecular flexibility index (Phi) is 6.22. The van der Waals surface area contributed by atoms with Crippen molar-refractivity contribution in [3.63, 3.8) is 0 Å². The molecule has 2 atom stereocenters. The smallest absolute Gasteiger partial charge is 0.305 e. The van der Waals surface area contributed by atoms with Crippen LogP contribution in [0.25, 0.3) is 0 Å². The highest BCUT2D eigenvalue weighted by Gasteiger charge is 2.27. The molecule has 112 valence electrons. The number of carbonyl (C=O) groups is 1. The molecule has 1 rings (SSSR count). The lowest BCUT2D eigenvalue weighted by Gasteiger charge is -2.34. The maximum Gasteiger partial charge on any atom is 0.305 e. The highest BCUT2D eigenvalue weighted by molar-refractivity contribution is 7.89. The van der Waals surface area contributed by atoms with Gasteiger partial charge in [-0.2, -0.15) is 0 Å². The number of hydrogen-bond acceptors (Lipinski definition) is 5. The zero-order valence-electron chi connectivity index (χ0n) is 11.9. The maximum atomic E-state index is 11.9. The van der Waals surface area contributed by atoms with E-state index in [1.54, 1.807) is 0 Å². The molecular weight excluding hydrogens is 268 g/mol. The van der Waals surface area contributed by atoms with E-state index in [9.17, 15) is 13.2 Å². The molecule has 0 aliphatic carbocycles. The molecule has 0 spiro atoms. The molecule has 19 heavy (non-hydrogen) atoms. The molecule has 0 radical (unpaired) electrons. The van der Waals surface area contributed by atoms with E-state index in [2.05, 4.69) is 21.3 Å². The first-order chi connectivity index (χ1) is 8.84. The van der Waals surface area contributed by atoms with Gasteiger partial charge in [-0.25, -0.2) is 13.1 Å². The topological polar surface area (TPSA) is 75.7 Å². The highest BCUT2D eigenvalue weighted by atomic mass is 32.2. The highest BCUT2D eigenvalue weighted by Crippen LogP contribution is 2.16. The van der Waals surface area contributed by atoms with E-state index in [1.165, 1.54) is 7.11 Å². The molecular formula is C12H24N2O4S. The number of esters is 1. The standard InChI is InChI=1S/C12H24N2O4S/c1-10-9-14(2)7-6-11(10)13-19(16,17)8-4-5-12(15)18-3/h10-11,13H,4-9H2,1-3H3. The van der Waals surface area contributed by atoms with Crippen LogP contribution in [0.5, 0.6) is 0 Å². The Bertz CT molecular complexity index is 397. The molecule has 1 N–H and O–H groups in total. The van der Waals surface area contributed by atoms with E-state index in [-0.39, 0.29) is 24.2 Å². The van der Waals surface area contributed by atoms with Crippen LogP contribution >= 0.6 is 0 Å². The number of sulfonamides is 1. The lowest BCUT2D eigenvalue weighted by atomic mass is 9.95. The fourth-order valence-corrected chi connectivity index (χ4v) is 3.78. The summed E-state index contributed by atoms with van der Waals surface area (Å²) in [4.78, 5) is 13.1. The molecule has 0 saturated carbocycles. The van der Waals surface area contributed by atoms with E-state index < -0.39 is 10.0 Å². The summed E-state index contributed by atoms with van der Waals surface area (Å²) in [7, 11) is 0.0284. The van der Waals surface area contributed by atoms with Gasteiger partial charge in [-0.15, -0.1) is 0 Å². The lowest BCUT2D eigenvalue weighted by Crippen LogP contribution is -2.49. The van der Waals surface area contributed by atoms with Crippen LogP contribution < -0.4 is 4.72 Å². The summed E-state index contributed by atoms with van der Waals surface area (Å²) >= 11 is 0. The maximum absolute atomic E-state index is 11.9. The van der Waals surface area contributed by atoms with Crippen molar-refractivity contribution in [1.82, 2.24) is 9.62 Å². The predicted molar refractivity (Wildman–Crippen MR) is 73.2 cm³/mol. The number of ether oxygens (including phenoxy) is 1. The summed E-state index contributed by atoms with van der Waals surface area (Å²) in [5.74, 6) is -0.0989. The van der Waals surface area contributed by atoms with E-state index >= 15 is 0 Å². The van der Waals surface area contributed by atoms with Gasteiger partial charge in [-0.05, 0) is 32.4 Å². The first kappa shape index (κ1) is 16.4. The molecule has 1 aliphatic heterocycles. The Morgan fingerprint density at radius 2 is 2.16 bits per heavy atom. The molecule has 1 heterocycles. The van der Waals surface area contributed by atoms with Crippen LogP contribution in [0.2, 0.25) is 0 Å². The van der Waals surface area contributed by atoms with Gasteiger partial charge < -0.3 is 9.64 Å². The van der Waals surface area contributed by atoms with Gasteiger partial charge in [0.25, 0.3) is 0 Å². The number of piperidine rings is 1. The monoisotopic (exact) mass is 292 g/mol. The van der Waals surface area contributed by atoms with Crippen molar-refractivity contribution >= 4 is 16.0 Å². The number of nitrogens with zero attached hydrogens (tertiary/aromatic N) is 1. The Hall–Kier alpha value is -0.660. The fraction of sp³-hybridized carbons (Fsp3) is 0.917. The summed E-state index contributed by atoms with van der Waals surface area (Å²) in [5.41, 5.74) is 0. The van der Waals surface area contributed by atoms with E-state index in [0.29, 0.717) is 12.3 Å². The van der Waals surface area contributed by atoms with Crippen molar-refractivity contribution in [2.75, 3.05) is 33.0 Å². The first-order valence-corrected chi connectivity index (χ1v) is 8.24. The fourth-order valence-electron chi connectivity index (χ4n) is 2.33. The van der Waals surface area contributed by atoms with Crippen LogP contribution in [0, 0.1) is 5.92 Å². The van der Waals surface area contributed by atoms with Crippen molar-refractivity contribution in [2.24, 2.45) is 5.92 Å². The molecule has 1 fully saturated rings. The number of likely N-dealkylation sites (tertiary alicyclic amines) is 1. The van der Waals surface area contributed by atoms with Gasteiger partial charge in [0, 0.05) is 19.0 Å². The van der Waals surface area contributed by atoms with Gasteiger partial charge in [-0.1, -0.05) is 6.92 Å². The van der Waals surface area contributed by atoms with Gasteiger partial charge in [-0.3, -0.25) is 4.79 Å². The quantitative estimate of drug-likeness (QED) is 0.708. The number of hydrogen-bond donors (Lipinski definition) is 1. The Balaban J connectivity index is 2.39. The second kappa shape index (κ2) is 7.21. The molecule has 7 heteroatoms. The Morgan fingerprint density at radius 1 is 1.47 bits per heavy atom. The van der Waals surface area contributed by atoms with Gasteiger partial charge >= 0.3 is 5.97 Å². The minimum Gasteiger partial charge on any atom is -0.469 e. The van der Waals surface area contributed by atoms with Crippen molar-refractivity contribution in [3.8, 4) is 0 Å². The number of carbonyl (C=O) groups excluding carboxylic acids is 1. The van der Waals surface area contributed by atoms with Crippen LogP contribution in [0.4, 0.5) is 0 Å². The summed E-state index contributed by atoms with van der Waals surface area (Å²) < 4.78 is 31.1. The van der Waals surface area contributed by atoms with Crippen molar-refractivity contribution in [3.05, 3.63) is 0 Å². The molecule has 0 aromatic rings. The Labute approximate surface area is 115 Å². The third-order valence-corrected chi connectivity index (χ3v) is 4.95. The van der Waals surface area contributed by atoms with E-state index in [0.717, 1.165) is 19.5 Å². The summed E-state index contributed by atoms with van der Waals surface area (Å²) in [6.45, 7) is 3.85. The molecule has 6 nitrogen and oxygen atoms in total. The molecule has 0 aromatic carbocycles. The van der Waals surface area contributed by atoms with Gasteiger partial charge in [0.05, 0.1) is 12.9 Å². The van der Waals surface area contributed by atoms with Gasteiger partial charge in [0.1, 0.15) is 0 Å².